The molecule has 0 saturated carbocycles. The Hall–Kier alpha value is -2.99. The Morgan fingerprint density at radius 2 is 1.79 bits per heavy atom. The minimum absolute atomic E-state index is 0.139. The lowest BCUT2D eigenvalue weighted by Crippen LogP contribution is -2.46. The van der Waals surface area contributed by atoms with E-state index in [0.717, 1.165) is 40.5 Å². The van der Waals surface area contributed by atoms with Crippen LogP contribution in [0.15, 0.2) is 64.8 Å². The lowest BCUT2D eigenvalue weighted by molar-refractivity contribution is 0.396. The molecule has 0 amide bonds. The van der Waals surface area contributed by atoms with E-state index in [0.29, 0.717) is 11.7 Å². The average Bonchev–Trinajstić information content (AvgIpc) is 3.22. The maximum atomic E-state index is 5.74. The Labute approximate surface area is 176 Å². The topological polar surface area (TPSA) is 54.2 Å². The zero-order valence-corrected chi connectivity index (χ0v) is 17.7. The van der Waals surface area contributed by atoms with Crippen molar-refractivity contribution in [3.63, 3.8) is 0 Å². The zero-order valence-electron chi connectivity index (χ0n) is 16.8. The van der Waals surface area contributed by atoms with Crippen molar-refractivity contribution in [2.24, 2.45) is 0 Å². The summed E-state index contributed by atoms with van der Waals surface area (Å²) in [6.45, 7) is 7.13. The molecule has 5 nitrogen and oxygen atoms in total. The van der Waals surface area contributed by atoms with Crippen LogP contribution in [0.2, 0.25) is 0 Å². The molecule has 0 aliphatic carbocycles. The van der Waals surface area contributed by atoms with E-state index < -0.39 is 0 Å². The summed E-state index contributed by atoms with van der Waals surface area (Å²) < 4.78 is 5.74. The Morgan fingerprint density at radius 1 is 1.07 bits per heavy atom. The van der Waals surface area contributed by atoms with E-state index >= 15 is 0 Å². The molecule has 6 heteroatoms. The number of nitrogens with one attached hydrogen (secondary N) is 1. The number of allylic oxidation sites excluding steroid dienone is 1. The SMILES string of the molecule is CCCN1C(=S)NC(c2ccc(C)cc2)C(c2nc(-c3ccccc3)no2)=C1C. The molecule has 4 rings (SSSR count). The summed E-state index contributed by atoms with van der Waals surface area (Å²) in [4.78, 5) is 6.83. The number of hydrogen-bond acceptors (Lipinski definition) is 4. The van der Waals surface area contributed by atoms with Crippen LogP contribution in [0.25, 0.3) is 17.0 Å². The summed E-state index contributed by atoms with van der Waals surface area (Å²) in [7, 11) is 0. The van der Waals surface area contributed by atoms with Gasteiger partial charge >= 0.3 is 0 Å². The van der Waals surface area contributed by atoms with Crippen LogP contribution in [0.1, 0.15) is 43.3 Å². The van der Waals surface area contributed by atoms with Gasteiger partial charge in [0.2, 0.25) is 5.82 Å². The van der Waals surface area contributed by atoms with E-state index in [2.05, 4.69) is 60.4 Å². The first-order valence-corrected chi connectivity index (χ1v) is 10.2. The summed E-state index contributed by atoms with van der Waals surface area (Å²) in [5.41, 5.74) is 5.27. The number of thiocarbonyl (C=S) groups is 1. The van der Waals surface area contributed by atoms with Gasteiger partial charge in [-0.1, -0.05) is 72.2 Å². The van der Waals surface area contributed by atoms with Gasteiger partial charge in [0.1, 0.15) is 0 Å². The van der Waals surface area contributed by atoms with Gasteiger partial charge in [0.05, 0.1) is 11.6 Å². The van der Waals surface area contributed by atoms with Crippen LogP contribution in [0.3, 0.4) is 0 Å². The second kappa shape index (κ2) is 8.17. The molecule has 2 aromatic carbocycles. The fourth-order valence-corrected chi connectivity index (χ4v) is 3.94. The summed E-state index contributed by atoms with van der Waals surface area (Å²) in [6.07, 6.45) is 0.987. The molecule has 29 heavy (non-hydrogen) atoms. The number of nitrogens with zero attached hydrogens (tertiary/aromatic N) is 3. The predicted octanol–water partition coefficient (Wildman–Crippen LogP) is 5.12. The highest BCUT2D eigenvalue weighted by molar-refractivity contribution is 7.80. The van der Waals surface area contributed by atoms with Gasteiger partial charge in [-0.15, -0.1) is 0 Å². The van der Waals surface area contributed by atoms with E-state index in [-0.39, 0.29) is 6.04 Å². The number of rotatable bonds is 5. The number of aromatic nitrogens is 2. The monoisotopic (exact) mass is 404 g/mol. The highest BCUT2D eigenvalue weighted by Gasteiger charge is 2.33. The molecule has 0 radical (unpaired) electrons. The Morgan fingerprint density at radius 3 is 2.48 bits per heavy atom. The van der Waals surface area contributed by atoms with Crippen molar-refractivity contribution in [2.45, 2.75) is 33.2 Å². The van der Waals surface area contributed by atoms with Crippen LogP contribution in [-0.2, 0) is 0 Å². The predicted molar refractivity (Wildman–Crippen MR) is 119 cm³/mol. The maximum absolute atomic E-state index is 5.74. The number of hydrogen-bond donors (Lipinski definition) is 1. The fourth-order valence-electron chi connectivity index (χ4n) is 3.60. The summed E-state index contributed by atoms with van der Waals surface area (Å²) in [6, 6.07) is 18.2. The minimum Gasteiger partial charge on any atom is -0.351 e. The molecular formula is C23H24N4OS. The fraction of sp³-hybridized carbons (Fsp3) is 0.261. The van der Waals surface area contributed by atoms with Crippen molar-refractivity contribution in [3.05, 3.63) is 77.3 Å². The Balaban J connectivity index is 1.81. The normalized spacial score (nSPS) is 16.9. The smallest absolute Gasteiger partial charge is 0.258 e. The molecule has 148 valence electrons. The highest BCUT2D eigenvalue weighted by atomic mass is 32.1. The number of benzene rings is 2. The molecule has 1 aromatic heterocycles. The molecule has 2 heterocycles. The van der Waals surface area contributed by atoms with Crippen LogP contribution < -0.4 is 5.32 Å². The molecule has 1 aliphatic heterocycles. The van der Waals surface area contributed by atoms with Crippen molar-refractivity contribution < 1.29 is 4.52 Å². The molecule has 0 bridgehead atoms. The first-order chi connectivity index (χ1) is 14.1. The van der Waals surface area contributed by atoms with Gasteiger partial charge in [0.15, 0.2) is 5.11 Å². The van der Waals surface area contributed by atoms with E-state index in [9.17, 15) is 0 Å². The third-order valence-corrected chi connectivity index (χ3v) is 5.48. The van der Waals surface area contributed by atoms with E-state index in [1.165, 1.54) is 5.56 Å². The van der Waals surface area contributed by atoms with Gasteiger partial charge in [-0.05, 0) is 38.0 Å². The van der Waals surface area contributed by atoms with Crippen molar-refractivity contribution in [3.8, 4) is 11.4 Å². The van der Waals surface area contributed by atoms with Gasteiger partial charge < -0.3 is 14.7 Å². The first kappa shape index (κ1) is 19.3. The molecular weight excluding hydrogens is 380 g/mol. The van der Waals surface area contributed by atoms with Crippen LogP contribution in [0.5, 0.6) is 0 Å². The van der Waals surface area contributed by atoms with Gasteiger partial charge in [-0.2, -0.15) is 4.98 Å². The molecule has 1 aliphatic rings. The van der Waals surface area contributed by atoms with E-state index in [4.69, 9.17) is 21.7 Å². The van der Waals surface area contributed by atoms with Gasteiger partial charge in [0.25, 0.3) is 5.89 Å². The second-order valence-electron chi connectivity index (χ2n) is 7.23. The molecule has 1 unspecified atom stereocenters. The summed E-state index contributed by atoms with van der Waals surface area (Å²) >= 11 is 5.67. The van der Waals surface area contributed by atoms with Crippen molar-refractivity contribution in [1.29, 1.82) is 0 Å². The summed E-state index contributed by atoms with van der Waals surface area (Å²) in [5, 5.41) is 8.44. The molecule has 1 N–H and O–H groups in total. The Kier molecular flexibility index (Phi) is 5.45. The van der Waals surface area contributed by atoms with Crippen molar-refractivity contribution in [1.82, 2.24) is 20.4 Å². The van der Waals surface area contributed by atoms with Gasteiger partial charge in [-0.3, -0.25) is 0 Å². The van der Waals surface area contributed by atoms with Gasteiger partial charge in [0, 0.05) is 17.8 Å². The standard InChI is InChI=1S/C23H24N4OS/c1-4-14-27-16(3)19(20(24-23(27)29)17-12-10-15(2)11-13-17)22-25-21(26-28-22)18-8-6-5-7-9-18/h5-13,20H,4,14H2,1-3H3,(H,24,29). The molecule has 0 spiro atoms. The molecule has 3 aromatic rings. The molecule has 0 fully saturated rings. The van der Waals surface area contributed by atoms with E-state index in [1.54, 1.807) is 0 Å². The van der Waals surface area contributed by atoms with Crippen molar-refractivity contribution in [2.75, 3.05) is 6.54 Å². The third kappa shape index (κ3) is 3.80. The first-order valence-electron chi connectivity index (χ1n) is 9.83. The molecule has 1 atom stereocenters. The minimum atomic E-state index is -0.139. The lowest BCUT2D eigenvalue weighted by Gasteiger charge is -2.37. The molecule has 0 saturated heterocycles. The largest absolute Gasteiger partial charge is 0.351 e. The van der Waals surface area contributed by atoms with Crippen molar-refractivity contribution >= 4 is 22.9 Å². The summed E-state index contributed by atoms with van der Waals surface area (Å²) in [5.74, 6) is 1.10. The van der Waals surface area contributed by atoms with Crippen LogP contribution in [-0.4, -0.2) is 26.7 Å². The van der Waals surface area contributed by atoms with Crippen LogP contribution in [0.4, 0.5) is 0 Å². The Bertz CT molecular complexity index is 1040. The second-order valence-corrected chi connectivity index (χ2v) is 7.62. The zero-order chi connectivity index (χ0) is 20.4. The number of aryl methyl sites for hydroxylation is 1. The maximum Gasteiger partial charge on any atom is 0.258 e. The van der Waals surface area contributed by atoms with Crippen LogP contribution in [0, 0.1) is 6.92 Å². The quantitative estimate of drug-likeness (QED) is 0.596. The van der Waals surface area contributed by atoms with E-state index in [1.807, 2.05) is 30.3 Å². The lowest BCUT2D eigenvalue weighted by atomic mass is 9.94. The third-order valence-electron chi connectivity index (χ3n) is 5.14. The van der Waals surface area contributed by atoms with Crippen LogP contribution >= 0.6 is 12.2 Å². The van der Waals surface area contributed by atoms with Gasteiger partial charge in [-0.25, -0.2) is 0 Å². The average molecular weight is 405 g/mol. The highest BCUT2D eigenvalue weighted by Crippen LogP contribution is 2.37.